The van der Waals surface area contributed by atoms with Crippen LogP contribution in [0.4, 0.5) is 0 Å². The lowest BCUT2D eigenvalue weighted by Gasteiger charge is -2.22. The van der Waals surface area contributed by atoms with E-state index < -0.39 is 0 Å². The van der Waals surface area contributed by atoms with Crippen LogP contribution in [0.1, 0.15) is 49.4 Å². The molecule has 3 aromatic rings. The molecule has 25 heavy (non-hydrogen) atoms. The molecule has 0 saturated heterocycles. The topological polar surface area (TPSA) is 47.2 Å². The van der Waals surface area contributed by atoms with Crippen molar-refractivity contribution in [3.05, 3.63) is 76.3 Å². The average molecular weight is 331 g/mol. The Morgan fingerprint density at radius 2 is 1.68 bits per heavy atom. The van der Waals surface area contributed by atoms with E-state index in [1.54, 1.807) is 6.21 Å². The highest BCUT2D eigenvalue weighted by Gasteiger charge is 2.22. The van der Waals surface area contributed by atoms with Crippen molar-refractivity contribution in [1.29, 1.82) is 0 Å². The second-order valence-electron chi connectivity index (χ2n) is 6.59. The smallest absolute Gasteiger partial charge is 0.267 e. The Labute approximate surface area is 146 Å². The number of hydrogen-bond donors (Lipinski definition) is 0. The Hall–Kier alpha value is -2.75. The molecule has 0 amide bonds. The summed E-state index contributed by atoms with van der Waals surface area (Å²) in [7, 11) is 0. The summed E-state index contributed by atoms with van der Waals surface area (Å²) in [6.45, 7) is 0. The van der Waals surface area contributed by atoms with E-state index in [1.165, 1.54) is 23.9 Å². The number of aromatic nitrogens is 2. The lowest BCUT2D eigenvalue weighted by Crippen LogP contribution is -2.25. The third-order valence-electron chi connectivity index (χ3n) is 4.87. The summed E-state index contributed by atoms with van der Waals surface area (Å²) in [4.78, 5) is 17.8. The molecule has 2 aromatic carbocycles. The predicted octanol–water partition coefficient (Wildman–Crippen LogP) is 4.33. The van der Waals surface area contributed by atoms with Gasteiger partial charge in [-0.05, 0) is 30.5 Å². The van der Waals surface area contributed by atoms with Crippen LogP contribution in [0, 0.1) is 0 Å². The fourth-order valence-corrected chi connectivity index (χ4v) is 3.54. The third-order valence-corrected chi connectivity index (χ3v) is 4.87. The largest absolute Gasteiger partial charge is 0.282 e. The van der Waals surface area contributed by atoms with Gasteiger partial charge in [-0.2, -0.15) is 9.78 Å². The Balaban J connectivity index is 1.86. The summed E-state index contributed by atoms with van der Waals surface area (Å²) in [5.74, 6) is 1.11. The van der Waals surface area contributed by atoms with Crippen molar-refractivity contribution >= 4 is 17.1 Å². The van der Waals surface area contributed by atoms with E-state index in [0.717, 1.165) is 29.7 Å². The van der Waals surface area contributed by atoms with Crippen molar-refractivity contribution in [2.75, 3.05) is 0 Å². The van der Waals surface area contributed by atoms with Crippen LogP contribution < -0.4 is 5.56 Å². The van der Waals surface area contributed by atoms with E-state index in [0.29, 0.717) is 11.3 Å². The molecule has 0 spiro atoms. The van der Waals surface area contributed by atoms with E-state index in [4.69, 9.17) is 4.98 Å². The van der Waals surface area contributed by atoms with Crippen LogP contribution in [-0.4, -0.2) is 15.9 Å². The monoisotopic (exact) mass is 331 g/mol. The number of rotatable bonds is 3. The van der Waals surface area contributed by atoms with Gasteiger partial charge in [0.1, 0.15) is 5.82 Å². The zero-order valence-electron chi connectivity index (χ0n) is 14.1. The SMILES string of the molecule is O=c1c2ccccc2nc(C2CCCCC2)n1N=Cc1ccccc1. The summed E-state index contributed by atoms with van der Waals surface area (Å²) in [5, 5.41) is 5.14. The van der Waals surface area contributed by atoms with Crippen LogP contribution in [-0.2, 0) is 0 Å². The number of hydrogen-bond acceptors (Lipinski definition) is 3. The van der Waals surface area contributed by atoms with Gasteiger partial charge in [-0.1, -0.05) is 61.7 Å². The van der Waals surface area contributed by atoms with Gasteiger partial charge in [0.2, 0.25) is 0 Å². The minimum absolute atomic E-state index is 0.0849. The van der Waals surface area contributed by atoms with Gasteiger partial charge in [0.15, 0.2) is 0 Å². The fraction of sp³-hybridized carbons (Fsp3) is 0.286. The summed E-state index contributed by atoms with van der Waals surface area (Å²) >= 11 is 0. The summed E-state index contributed by atoms with van der Waals surface area (Å²) in [6.07, 6.45) is 7.54. The Morgan fingerprint density at radius 1 is 0.960 bits per heavy atom. The predicted molar refractivity (Wildman–Crippen MR) is 101 cm³/mol. The Bertz CT molecular complexity index is 954. The van der Waals surface area contributed by atoms with Crippen LogP contribution in [0.15, 0.2) is 64.5 Å². The maximum Gasteiger partial charge on any atom is 0.282 e. The van der Waals surface area contributed by atoms with Gasteiger partial charge in [-0.3, -0.25) is 4.79 Å². The highest BCUT2D eigenvalue weighted by atomic mass is 16.1. The van der Waals surface area contributed by atoms with Crippen LogP contribution in [0.5, 0.6) is 0 Å². The summed E-state index contributed by atoms with van der Waals surface area (Å²) < 4.78 is 1.52. The van der Waals surface area contributed by atoms with Gasteiger partial charge in [0.05, 0.1) is 17.1 Å². The Morgan fingerprint density at radius 3 is 2.48 bits per heavy atom. The second-order valence-corrected chi connectivity index (χ2v) is 6.59. The quantitative estimate of drug-likeness (QED) is 0.671. The average Bonchev–Trinajstić information content (AvgIpc) is 2.69. The highest BCUT2D eigenvalue weighted by molar-refractivity contribution is 5.80. The van der Waals surface area contributed by atoms with E-state index in [2.05, 4.69) is 5.10 Å². The molecule has 0 radical (unpaired) electrons. The minimum atomic E-state index is -0.0849. The molecule has 1 aliphatic carbocycles. The zero-order valence-corrected chi connectivity index (χ0v) is 14.1. The van der Waals surface area contributed by atoms with Gasteiger partial charge in [0, 0.05) is 5.92 Å². The minimum Gasteiger partial charge on any atom is -0.267 e. The molecular formula is C21H21N3O. The van der Waals surface area contributed by atoms with Crippen LogP contribution in [0.3, 0.4) is 0 Å². The van der Waals surface area contributed by atoms with Crippen molar-refractivity contribution in [2.24, 2.45) is 5.10 Å². The molecule has 0 bridgehead atoms. The fourth-order valence-electron chi connectivity index (χ4n) is 3.54. The molecule has 4 rings (SSSR count). The maximum atomic E-state index is 13.0. The first-order valence-electron chi connectivity index (χ1n) is 8.94. The highest BCUT2D eigenvalue weighted by Crippen LogP contribution is 2.31. The molecule has 1 aromatic heterocycles. The van der Waals surface area contributed by atoms with E-state index in [9.17, 15) is 4.79 Å². The van der Waals surface area contributed by atoms with E-state index >= 15 is 0 Å². The standard InChI is InChI=1S/C21H21N3O/c25-21-18-13-7-8-14-19(18)23-20(17-11-5-2-6-12-17)24(21)22-15-16-9-3-1-4-10-16/h1,3-4,7-10,13-15,17H,2,5-6,11-12H2. The summed E-state index contributed by atoms with van der Waals surface area (Å²) in [6, 6.07) is 17.4. The molecule has 1 saturated carbocycles. The zero-order chi connectivity index (χ0) is 17.1. The molecule has 0 unspecified atom stereocenters. The van der Waals surface area contributed by atoms with Gasteiger partial charge in [-0.25, -0.2) is 4.98 Å². The van der Waals surface area contributed by atoms with Gasteiger partial charge in [-0.15, -0.1) is 0 Å². The molecule has 4 nitrogen and oxygen atoms in total. The van der Waals surface area contributed by atoms with Crippen LogP contribution in [0.2, 0.25) is 0 Å². The van der Waals surface area contributed by atoms with Crippen molar-refractivity contribution in [3.8, 4) is 0 Å². The first kappa shape index (κ1) is 15.8. The van der Waals surface area contributed by atoms with Crippen LogP contribution in [0.25, 0.3) is 10.9 Å². The lowest BCUT2D eigenvalue weighted by atomic mass is 9.88. The second kappa shape index (κ2) is 7.01. The molecule has 1 fully saturated rings. The molecule has 0 N–H and O–H groups in total. The van der Waals surface area contributed by atoms with Crippen LogP contribution >= 0.6 is 0 Å². The maximum absolute atomic E-state index is 13.0. The molecule has 4 heteroatoms. The van der Waals surface area contributed by atoms with Crippen molar-refractivity contribution in [3.63, 3.8) is 0 Å². The molecule has 1 heterocycles. The number of fused-ring (bicyclic) bond motifs is 1. The molecule has 0 aliphatic heterocycles. The van der Waals surface area contributed by atoms with Crippen molar-refractivity contribution in [1.82, 2.24) is 9.66 Å². The van der Waals surface area contributed by atoms with Gasteiger partial charge < -0.3 is 0 Å². The molecule has 126 valence electrons. The Kier molecular flexibility index (Phi) is 4.42. The van der Waals surface area contributed by atoms with E-state index in [1.807, 2.05) is 54.6 Å². The van der Waals surface area contributed by atoms with Crippen molar-refractivity contribution in [2.45, 2.75) is 38.0 Å². The third kappa shape index (κ3) is 3.25. The first-order valence-corrected chi connectivity index (χ1v) is 8.94. The molecule has 0 atom stereocenters. The first-order chi connectivity index (χ1) is 12.3. The molecule has 1 aliphatic rings. The lowest BCUT2D eigenvalue weighted by molar-refractivity contribution is 0.416. The number of para-hydroxylation sites is 1. The van der Waals surface area contributed by atoms with Crippen molar-refractivity contribution < 1.29 is 0 Å². The van der Waals surface area contributed by atoms with Gasteiger partial charge >= 0.3 is 0 Å². The summed E-state index contributed by atoms with van der Waals surface area (Å²) in [5.41, 5.74) is 1.65. The molecular weight excluding hydrogens is 310 g/mol. The van der Waals surface area contributed by atoms with Gasteiger partial charge in [0.25, 0.3) is 5.56 Å². The van der Waals surface area contributed by atoms with E-state index in [-0.39, 0.29) is 5.56 Å². The number of nitrogens with zero attached hydrogens (tertiary/aromatic N) is 3. The normalized spacial score (nSPS) is 15.8. The number of benzene rings is 2.